The van der Waals surface area contributed by atoms with E-state index in [0.717, 1.165) is 44.7 Å². The van der Waals surface area contributed by atoms with Gasteiger partial charge in [-0.15, -0.1) is 10.2 Å². The summed E-state index contributed by atoms with van der Waals surface area (Å²) in [6, 6.07) is 2.32. The van der Waals surface area contributed by atoms with Crippen molar-refractivity contribution in [2.24, 2.45) is 5.92 Å². The van der Waals surface area contributed by atoms with E-state index in [0.29, 0.717) is 31.2 Å². The van der Waals surface area contributed by atoms with Crippen LogP contribution in [0.25, 0.3) is 5.65 Å². The Morgan fingerprint density at radius 2 is 1.90 bits per heavy atom. The highest BCUT2D eigenvalue weighted by molar-refractivity contribution is 5.79. The lowest BCUT2D eigenvalue weighted by molar-refractivity contribution is -0.137. The molecule has 2 aromatic rings. The van der Waals surface area contributed by atoms with E-state index in [9.17, 15) is 18.0 Å². The standard InChI is InChI=1S/C20H27F3N6O/c21-20(22,23)16-6-7-17-25-26-19(29(17)14-16)28-11-4-5-15(13-28)18(30)24-8-12-27-9-2-1-3-10-27/h6-7,14-15H,1-5,8-13H2,(H,24,30). The number of amides is 1. The van der Waals surface area contributed by atoms with Gasteiger partial charge in [-0.3, -0.25) is 9.20 Å². The number of halogens is 3. The van der Waals surface area contributed by atoms with Crippen molar-refractivity contribution in [3.8, 4) is 0 Å². The quantitative estimate of drug-likeness (QED) is 0.799. The summed E-state index contributed by atoms with van der Waals surface area (Å²) in [7, 11) is 0. The van der Waals surface area contributed by atoms with E-state index in [4.69, 9.17) is 0 Å². The van der Waals surface area contributed by atoms with Crippen molar-refractivity contribution in [2.75, 3.05) is 44.2 Å². The maximum atomic E-state index is 13.1. The fraction of sp³-hybridized carbons (Fsp3) is 0.650. The zero-order valence-electron chi connectivity index (χ0n) is 16.9. The summed E-state index contributed by atoms with van der Waals surface area (Å²) >= 11 is 0. The van der Waals surface area contributed by atoms with Crippen molar-refractivity contribution in [3.63, 3.8) is 0 Å². The van der Waals surface area contributed by atoms with E-state index in [2.05, 4.69) is 20.4 Å². The third-order valence-corrected chi connectivity index (χ3v) is 5.96. The molecule has 0 spiro atoms. The molecule has 1 unspecified atom stereocenters. The second-order valence-corrected chi connectivity index (χ2v) is 8.12. The molecule has 1 N–H and O–H groups in total. The Morgan fingerprint density at radius 3 is 2.67 bits per heavy atom. The third kappa shape index (κ3) is 4.69. The molecule has 1 atom stereocenters. The molecule has 0 saturated carbocycles. The van der Waals surface area contributed by atoms with Crippen molar-refractivity contribution in [1.82, 2.24) is 24.8 Å². The zero-order valence-corrected chi connectivity index (χ0v) is 16.9. The van der Waals surface area contributed by atoms with Gasteiger partial charge in [0.2, 0.25) is 11.9 Å². The molecule has 4 rings (SSSR count). The highest BCUT2D eigenvalue weighted by Gasteiger charge is 2.32. The second kappa shape index (κ2) is 8.79. The number of rotatable bonds is 5. The lowest BCUT2D eigenvalue weighted by atomic mass is 9.97. The smallest absolute Gasteiger partial charge is 0.355 e. The lowest BCUT2D eigenvalue weighted by Gasteiger charge is -2.32. The van der Waals surface area contributed by atoms with Gasteiger partial charge in [-0.25, -0.2) is 0 Å². The number of piperidine rings is 2. The van der Waals surface area contributed by atoms with Gasteiger partial charge in [0, 0.05) is 32.4 Å². The van der Waals surface area contributed by atoms with Gasteiger partial charge in [-0.05, 0) is 50.9 Å². The molecule has 2 fully saturated rings. The Hall–Kier alpha value is -2.36. The maximum Gasteiger partial charge on any atom is 0.417 e. The fourth-order valence-electron chi connectivity index (χ4n) is 4.30. The van der Waals surface area contributed by atoms with E-state index >= 15 is 0 Å². The molecule has 4 heterocycles. The number of aromatic nitrogens is 3. The van der Waals surface area contributed by atoms with Gasteiger partial charge in [0.25, 0.3) is 0 Å². The molecule has 30 heavy (non-hydrogen) atoms. The van der Waals surface area contributed by atoms with Gasteiger partial charge < -0.3 is 15.1 Å². The van der Waals surface area contributed by atoms with Crippen LogP contribution in [0.1, 0.15) is 37.7 Å². The van der Waals surface area contributed by atoms with Gasteiger partial charge in [-0.2, -0.15) is 13.2 Å². The number of likely N-dealkylation sites (tertiary alicyclic amines) is 1. The first kappa shape index (κ1) is 20.9. The zero-order chi connectivity index (χ0) is 21.1. The first-order chi connectivity index (χ1) is 14.4. The molecule has 2 aliphatic rings. The Bertz CT molecular complexity index is 877. The highest BCUT2D eigenvalue weighted by Crippen LogP contribution is 2.30. The summed E-state index contributed by atoms with van der Waals surface area (Å²) < 4.78 is 40.6. The lowest BCUT2D eigenvalue weighted by Crippen LogP contribution is -2.45. The molecular formula is C20H27F3N6O. The summed E-state index contributed by atoms with van der Waals surface area (Å²) in [4.78, 5) is 16.9. The summed E-state index contributed by atoms with van der Waals surface area (Å²) in [5, 5.41) is 11.1. The number of nitrogens with zero attached hydrogens (tertiary/aromatic N) is 5. The first-order valence-corrected chi connectivity index (χ1v) is 10.6. The Balaban J connectivity index is 1.39. The second-order valence-electron chi connectivity index (χ2n) is 8.12. The predicted octanol–water partition coefficient (Wildman–Crippen LogP) is 2.57. The van der Waals surface area contributed by atoms with Crippen LogP contribution in [0.3, 0.4) is 0 Å². The van der Waals surface area contributed by atoms with Crippen LogP contribution in [0.5, 0.6) is 0 Å². The van der Waals surface area contributed by atoms with E-state index in [1.54, 1.807) is 0 Å². The Morgan fingerprint density at radius 1 is 1.10 bits per heavy atom. The number of hydrogen-bond donors (Lipinski definition) is 1. The average Bonchev–Trinajstić information content (AvgIpc) is 3.17. The van der Waals surface area contributed by atoms with Crippen LogP contribution in [0.2, 0.25) is 0 Å². The van der Waals surface area contributed by atoms with E-state index in [1.165, 1.54) is 29.7 Å². The average molecular weight is 424 g/mol. The van der Waals surface area contributed by atoms with Crippen molar-refractivity contribution < 1.29 is 18.0 Å². The highest BCUT2D eigenvalue weighted by atomic mass is 19.4. The van der Waals surface area contributed by atoms with Gasteiger partial charge in [0.15, 0.2) is 5.65 Å². The van der Waals surface area contributed by atoms with Crippen LogP contribution in [0.15, 0.2) is 18.3 Å². The van der Waals surface area contributed by atoms with Crippen molar-refractivity contribution in [3.05, 3.63) is 23.9 Å². The topological polar surface area (TPSA) is 65.8 Å². The normalized spacial score (nSPS) is 21.2. The SMILES string of the molecule is O=C(NCCN1CCCCC1)C1CCCN(c2nnc3ccc(C(F)(F)F)cn23)C1. The van der Waals surface area contributed by atoms with Crippen LogP contribution in [-0.2, 0) is 11.0 Å². The summed E-state index contributed by atoms with van der Waals surface area (Å²) in [6.45, 7) is 4.72. The molecule has 0 aromatic carbocycles. The third-order valence-electron chi connectivity index (χ3n) is 5.96. The summed E-state index contributed by atoms with van der Waals surface area (Å²) in [6.07, 6.45) is 1.83. The molecule has 2 aromatic heterocycles. The number of fused-ring (bicyclic) bond motifs is 1. The Labute approximate surface area is 173 Å². The number of anilines is 1. The Kier molecular flexibility index (Phi) is 6.12. The molecule has 1 amide bonds. The molecule has 164 valence electrons. The van der Waals surface area contributed by atoms with Gasteiger partial charge in [0.1, 0.15) is 0 Å². The van der Waals surface area contributed by atoms with Gasteiger partial charge >= 0.3 is 6.18 Å². The van der Waals surface area contributed by atoms with E-state index in [-0.39, 0.29) is 11.8 Å². The maximum absolute atomic E-state index is 13.1. The van der Waals surface area contributed by atoms with Crippen LogP contribution >= 0.6 is 0 Å². The molecule has 7 nitrogen and oxygen atoms in total. The minimum absolute atomic E-state index is 0.00140. The van der Waals surface area contributed by atoms with Crippen LogP contribution in [0, 0.1) is 5.92 Å². The number of nitrogens with one attached hydrogen (secondary N) is 1. The fourth-order valence-corrected chi connectivity index (χ4v) is 4.30. The van der Waals surface area contributed by atoms with Crippen LogP contribution in [-0.4, -0.2) is 64.7 Å². The van der Waals surface area contributed by atoms with Crippen molar-refractivity contribution >= 4 is 17.5 Å². The first-order valence-electron chi connectivity index (χ1n) is 10.6. The molecule has 2 aliphatic heterocycles. The molecule has 0 bridgehead atoms. The largest absolute Gasteiger partial charge is 0.417 e. The number of carbonyl (C=O) groups is 1. The number of carbonyl (C=O) groups excluding carboxylic acids is 1. The molecule has 10 heteroatoms. The van der Waals surface area contributed by atoms with E-state index in [1.807, 2.05) is 4.90 Å². The number of hydrogen-bond acceptors (Lipinski definition) is 5. The molecule has 0 radical (unpaired) electrons. The van der Waals surface area contributed by atoms with Crippen molar-refractivity contribution in [1.29, 1.82) is 0 Å². The predicted molar refractivity (Wildman–Crippen MR) is 106 cm³/mol. The molecule has 0 aliphatic carbocycles. The van der Waals surface area contributed by atoms with Gasteiger partial charge in [0.05, 0.1) is 11.5 Å². The van der Waals surface area contributed by atoms with Gasteiger partial charge in [-0.1, -0.05) is 6.42 Å². The van der Waals surface area contributed by atoms with Crippen LogP contribution < -0.4 is 10.2 Å². The summed E-state index contributed by atoms with van der Waals surface area (Å²) in [5.74, 6) is 0.140. The van der Waals surface area contributed by atoms with Crippen LogP contribution in [0.4, 0.5) is 19.1 Å². The minimum Gasteiger partial charge on any atom is -0.355 e. The monoisotopic (exact) mass is 424 g/mol. The molecule has 2 saturated heterocycles. The number of alkyl halides is 3. The van der Waals surface area contributed by atoms with E-state index < -0.39 is 11.7 Å². The minimum atomic E-state index is -4.44. The molecular weight excluding hydrogens is 397 g/mol. The van der Waals surface area contributed by atoms with Crippen molar-refractivity contribution in [2.45, 2.75) is 38.3 Å². The summed E-state index contributed by atoms with van der Waals surface area (Å²) in [5.41, 5.74) is -0.397. The number of pyridine rings is 1.